The molecule has 1 unspecified atom stereocenters. The third-order valence-electron chi connectivity index (χ3n) is 5.32. The highest BCUT2D eigenvalue weighted by Gasteiger charge is 2.20. The van der Waals surface area contributed by atoms with Crippen LogP contribution < -0.4 is 5.32 Å². The van der Waals surface area contributed by atoms with Crippen LogP contribution in [0.4, 0.5) is 10.1 Å². The minimum atomic E-state index is -0.228. The molecule has 2 heterocycles. The van der Waals surface area contributed by atoms with Gasteiger partial charge in [-0.05, 0) is 69.3 Å². The second-order valence-electron chi connectivity index (χ2n) is 7.07. The molecule has 1 saturated heterocycles. The molecule has 1 N–H and O–H groups in total. The highest BCUT2D eigenvalue weighted by atomic mass is 19.1. The van der Waals surface area contributed by atoms with E-state index in [9.17, 15) is 4.39 Å². The van der Waals surface area contributed by atoms with E-state index < -0.39 is 0 Å². The Hall–Kier alpha value is -2.46. The SMILES string of the molecule is CN1CCCC1CCNc1cc(-c2ccc(F)cc2)nc2ccccc12. The average molecular weight is 349 g/mol. The summed E-state index contributed by atoms with van der Waals surface area (Å²) >= 11 is 0. The fraction of sp³-hybridized carbons (Fsp3) is 0.318. The molecule has 0 bridgehead atoms. The third-order valence-corrected chi connectivity index (χ3v) is 5.32. The van der Waals surface area contributed by atoms with Gasteiger partial charge in [0.15, 0.2) is 0 Å². The second-order valence-corrected chi connectivity index (χ2v) is 7.07. The van der Waals surface area contributed by atoms with Crippen molar-refractivity contribution in [3.63, 3.8) is 0 Å². The Labute approximate surface area is 153 Å². The summed E-state index contributed by atoms with van der Waals surface area (Å²) in [6, 6.07) is 17.4. The van der Waals surface area contributed by atoms with E-state index in [1.165, 1.54) is 31.5 Å². The van der Waals surface area contributed by atoms with Crippen molar-refractivity contribution in [3.8, 4) is 11.3 Å². The Morgan fingerprint density at radius 2 is 1.96 bits per heavy atom. The monoisotopic (exact) mass is 349 g/mol. The molecule has 0 radical (unpaired) electrons. The number of nitrogens with zero attached hydrogens (tertiary/aromatic N) is 2. The first-order valence-corrected chi connectivity index (χ1v) is 9.30. The Kier molecular flexibility index (Phi) is 4.85. The van der Waals surface area contributed by atoms with Crippen LogP contribution in [0.1, 0.15) is 19.3 Å². The van der Waals surface area contributed by atoms with Gasteiger partial charge in [0, 0.05) is 29.2 Å². The number of nitrogens with one attached hydrogen (secondary N) is 1. The molecule has 4 heteroatoms. The standard InChI is InChI=1S/C22H24FN3/c1-26-14-4-5-18(26)12-13-24-22-15-21(16-8-10-17(23)11-9-16)25-20-7-3-2-6-19(20)22/h2-3,6-11,15,18H,4-5,12-14H2,1H3,(H,24,25). The molecular weight excluding hydrogens is 325 g/mol. The van der Waals surface area contributed by atoms with Crippen molar-refractivity contribution in [2.24, 2.45) is 0 Å². The highest BCUT2D eigenvalue weighted by Crippen LogP contribution is 2.29. The number of anilines is 1. The quantitative estimate of drug-likeness (QED) is 0.707. The van der Waals surface area contributed by atoms with Gasteiger partial charge in [-0.3, -0.25) is 0 Å². The van der Waals surface area contributed by atoms with E-state index in [2.05, 4.69) is 29.4 Å². The molecular formula is C22H24FN3. The molecule has 3 nitrogen and oxygen atoms in total. The molecule has 1 fully saturated rings. The normalized spacial score (nSPS) is 17.7. The lowest BCUT2D eigenvalue weighted by Crippen LogP contribution is -2.26. The van der Waals surface area contributed by atoms with Crippen LogP contribution in [0.15, 0.2) is 54.6 Å². The van der Waals surface area contributed by atoms with Gasteiger partial charge < -0.3 is 10.2 Å². The number of aromatic nitrogens is 1. The summed E-state index contributed by atoms with van der Waals surface area (Å²) in [7, 11) is 2.21. The number of rotatable bonds is 5. The number of hydrogen-bond donors (Lipinski definition) is 1. The number of benzene rings is 2. The summed E-state index contributed by atoms with van der Waals surface area (Å²) in [5.74, 6) is -0.228. The molecule has 0 saturated carbocycles. The maximum absolute atomic E-state index is 13.2. The first kappa shape index (κ1) is 17.0. The van der Waals surface area contributed by atoms with Gasteiger partial charge in [0.1, 0.15) is 5.82 Å². The first-order chi connectivity index (χ1) is 12.7. The van der Waals surface area contributed by atoms with Gasteiger partial charge >= 0.3 is 0 Å². The van der Waals surface area contributed by atoms with Gasteiger partial charge in [-0.2, -0.15) is 0 Å². The van der Waals surface area contributed by atoms with Crippen LogP contribution in [0.3, 0.4) is 0 Å². The lowest BCUT2D eigenvalue weighted by Gasteiger charge is -2.20. The van der Waals surface area contributed by atoms with Gasteiger partial charge in [-0.15, -0.1) is 0 Å². The Bertz CT molecular complexity index is 892. The number of pyridine rings is 1. The molecule has 0 aliphatic carbocycles. The van der Waals surface area contributed by atoms with Crippen molar-refractivity contribution in [1.29, 1.82) is 0 Å². The van der Waals surface area contributed by atoms with Crippen molar-refractivity contribution in [2.45, 2.75) is 25.3 Å². The van der Waals surface area contributed by atoms with E-state index in [-0.39, 0.29) is 5.82 Å². The van der Waals surface area contributed by atoms with Crippen LogP contribution in [0.2, 0.25) is 0 Å². The second kappa shape index (κ2) is 7.42. The first-order valence-electron chi connectivity index (χ1n) is 9.30. The molecule has 26 heavy (non-hydrogen) atoms. The molecule has 1 atom stereocenters. The van der Waals surface area contributed by atoms with E-state index in [4.69, 9.17) is 4.98 Å². The number of para-hydroxylation sites is 1. The lowest BCUT2D eigenvalue weighted by atomic mass is 10.1. The van der Waals surface area contributed by atoms with Crippen molar-refractivity contribution >= 4 is 16.6 Å². The Morgan fingerprint density at radius 1 is 1.15 bits per heavy atom. The molecule has 4 rings (SSSR count). The molecule has 3 aromatic rings. The van der Waals surface area contributed by atoms with Crippen molar-refractivity contribution in [1.82, 2.24) is 9.88 Å². The van der Waals surface area contributed by atoms with Gasteiger partial charge in [0.2, 0.25) is 0 Å². The number of likely N-dealkylation sites (tertiary alicyclic amines) is 1. The van der Waals surface area contributed by atoms with E-state index in [1.54, 1.807) is 12.1 Å². The van der Waals surface area contributed by atoms with Crippen LogP contribution in [0.25, 0.3) is 22.2 Å². The van der Waals surface area contributed by atoms with Gasteiger partial charge in [0.05, 0.1) is 11.2 Å². The summed E-state index contributed by atoms with van der Waals surface area (Å²) in [5.41, 5.74) is 3.84. The fourth-order valence-electron chi connectivity index (χ4n) is 3.81. The maximum Gasteiger partial charge on any atom is 0.123 e. The topological polar surface area (TPSA) is 28.2 Å². The summed E-state index contributed by atoms with van der Waals surface area (Å²) < 4.78 is 13.2. The average Bonchev–Trinajstić information content (AvgIpc) is 3.07. The molecule has 0 amide bonds. The van der Waals surface area contributed by atoms with E-state index in [0.29, 0.717) is 6.04 Å². The van der Waals surface area contributed by atoms with Crippen molar-refractivity contribution in [3.05, 3.63) is 60.4 Å². The third kappa shape index (κ3) is 3.56. The lowest BCUT2D eigenvalue weighted by molar-refractivity contribution is 0.301. The van der Waals surface area contributed by atoms with Crippen LogP contribution in [0.5, 0.6) is 0 Å². The molecule has 1 aliphatic rings. The molecule has 1 aromatic heterocycles. The Morgan fingerprint density at radius 3 is 2.73 bits per heavy atom. The van der Waals surface area contributed by atoms with Crippen LogP contribution >= 0.6 is 0 Å². The summed E-state index contributed by atoms with van der Waals surface area (Å²) in [5, 5.41) is 4.74. The predicted molar refractivity (Wildman–Crippen MR) is 106 cm³/mol. The smallest absolute Gasteiger partial charge is 0.123 e. The maximum atomic E-state index is 13.2. The number of hydrogen-bond acceptors (Lipinski definition) is 3. The summed E-state index contributed by atoms with van der Waals surface area (Å²) in [6.45, 7) is 2.14. The zero-order chi connectivity index (χ0) is 17.9. The highest BCUT2D eigenvalue weighted by molar-refractivity contribution is 5.93. The van der Waals surface area contributed by atoms with Crippen LogP contribution in [-0.2, 0) is 0 Å². The van der Waals surface area contributed by atoms with E-state index in [0.717, 1.165) is 40.8 Å². The van der Waals surface area contributed by atoms with Gasteiger partial charge in [-0.1, -0.05) is 18.2 Å². The summed E-state index contributed by atoms with van der Waals surface area (Å²) in [4.78, 5) is 7.22. The van der Waals surface area contributed by atoms with Crippen LogP contribution in [-0.4, -0.2) is 36.1 Å². The Balaban J connectivity index is 1.60. The minimum absolute atomic E-state index is 0.228. The van der Waals surface area contributed by atoms with Gasteiger partial charge in [-0.25, -0.2) is 9.37 Å². The van der Waals surface area contributed by atoms with E-state index >= 15 is 0 Å². The zero-order valence-corrected chi connectivity index (χ0v) is 15.1. The summed E-state index contributed by atoms with van der Waals surface area (Å²) in [6.07, 6.45) is 3.73. The van der Waals surface area contributed by atoms with Crippen LogP contribution in [0, 0.1) is 5.82 Å². The van der Waals surface area contributed by atoms with E-state index in [1.807, 2.05) is 18.2 Å². The molecule has 2 aromatic carbocycles. The minimum Gasteiger partial charge on any atom is -0.384 e. The van der Waals surface area contributed by atoms with Crippen molar-refractivity contribution < 1.29 is 4.39 Å². The fourth-order valence-corrected chi connectivity index (χ4v) is 3.81. The molecule has 0 spiro atoms. The number of halogens is 1. The molecule has 1 aliphatic heterocycles. The van der Waals surface area contributed by atoms with Gasteiger partial charge in [0.25, 0.3) is 0 Å². The molecule has 134 valence electrons. The zero-order valence-electron chi connectivity index (χ0n) is 15.1. The number of fused-ring (bicyclic) bond motifs is 1. The van der Waals surface area contributed by atoms with Crippen molar-refractivity contribution in [2.75, 3.05) is 25.5 Å². The predicted octanol–water partition coefficient (Wildman–Crippen LogP) is 4.94. The largest absolute Gasteiger partial charge is 0.384 e.